The van der Waals surface area contributed by atoms with Crippen LogP contribution in [0.1, 0.15) is 31.5 Å². The van der Waals surface area contributed by atoms with E-state index in [1.807, 2.05) is 24.4 Å². The molecule has 5 nitrogen and oxygen atoms in total. The van der Waals surface area contributed by atoms with Crippen LogP contribution in [0.25, 0.3) is 11.3 Å². The Kier molecular flexibility index (Phi) is 5.22. The number of hydrogen-bond donors (Lipinski definition) is 2. The first-order valence-electron chi connectivity index (χ1n) is 7.20. The highest BCUT2D eigenvalue weighted by molar-refractivity contribution is 5.63. The van der Waals surface area contributed by atoms with Gasteiger partial charge in [0.05, 0.1) is 26.1 Å². The third-order valence-corrected chi connectivity index (χ3v) is 3.60. The fourth-order valence-corrected chi connectivity index (χ4v) is 2.41. The minimum absolute atomic E-state index is 0.281. The average molecular weight is 289 g/mol. The van der Waals surface area contributed by atoms with Crippen LogP contribution in [0, 0.1) is 0 Å². The molecular formula is C16H23N3O2. The van der Waals surface area contributed by atoms with Gasteiger partial charge in [0.25, 0.3) is 0 Å². The van der Waals surface area contributed by atoms with Gasteiger partial charge in [-0.15, -0.1) is 0 Å². The third-order valence-electron chi connectivity index (χ3n) is 3.60. The molecule has 1 aromatic carbocycles. The number of nitrogens with two attached hydrogens (primary N) is 1. The minimum Gasteiger partial charge on any atom is -0.493 e. The molecule has 0 radical (unpaired) electrons. The summed E-state index contributed by atoms with van der Waals surface area (Å²) in [6, 6.07) is 5.81. The van der Waals surface area contributed by atoms with Crippen LogP contribution in [0.3, 0.4) is 0 Å². The van der Waals surface area contributed by atoms with E-state index in [9.17, 15) is 0 Å². The third kappa shape index (κ3) is 3.36. The number of benzene rings is 1. The highest BCUT2D eigenvalue weighted by atomic mass is 16.5. The van der Waals surface area contributed by atoms with Crippen LogP contribution in [-0.2, 0) is 0 Å². The zero-order valence-electron chi connectivity index (χ0n) is 12.8. The van der Waals surface area contributed by atoms with Crippen molar-refractivity contribution < 1.29 is 9.47 Å². The molecule has 0 saturated heterocycles. The van der Waals surface area contributed by atoms with Crippen molar-refractivity contribution in [2.45, 2.75) is 25.7 Å². The molecule has 0 aliphatic rings. The lowest BCUT2D eigenvalue weighted by molar-refractivity contribution is 0.355. The zero-order chi connectivity index (χ0) is 15.2. The van der Waals surface area contributed by atoms with Gasteiger partial charge in [0.1, 0.15) is 5.82 Å². The number of nitrogens with zero attached hydrogens (tertiary/aromatic N) is 1. The number of ether oxygens (including phenoxy) is 2. The Morgan fingerprint density at radius 3 is 2.62 bits per heavy atom. The lowest BCUT2D eigenvalue weighted by Gasteiger charge is -2.10. The first-order valence-corrected chi connectivity index (χ1v) is 7.20. The van der Waals surface area contributed by atoms with Gasteiger partial charge in [-0.2, -0.15) is 0 Å². The Morgan fingerprint density at radius 2 is 2.00 bits per heavy atom. The standard InChI is InChI=1S/C16H23N3O2/c1-4-5-12(9-17)16-18-10-13(19-16)11-6-7-14(20-2)15(8-11)21-3/h6-8,10,12H,4-5,9,17H2,1-3H3,(H,18,19). The number of aromatic amines is 1. The van der Waals surface area contributed by atoms with Gasteiger partial charge in [-0.25, -0.2) is 4.98 Å². The Hall–Kier alpha value is -2.01. The summed E-state index contributed by atoms with van der Waals surface area (Å²) < 4.78 is 10.6. The second-order valence-corrected chi connectivity index (χ2v) is 4.97. The van der Waals surface area contributed by atoms with Crippen LogP contribution in [0.2, 0.25) is 0 Å². The lowest BCUT2D eigenvalue weighted by Crippen LogP contribution is -2.13. The first kappa shape index (κ1) is 15.4. The van der Waals surface area contributed by atoms with Crippen molar-refractivity contribution in [3.05, 3.63) is 30.2 Å². The first-order chi connectivity index (χ1) is 10.2. The molecule has 1 heterocycles. The number of nitrogens with one attached hydrogen (secondary N) is 1. The SMILES string of the molecule is CCCC(CN)c1ncc(-c2ccc(OC)c(OC)c2)[nH]1. The Morgan fingerprint density at radius 1 is 1.24 bits per heavy atom. The molecule has 1 atom stereocenters. The molecule has 0 fully saturated rings. The number of imidazole rings is 1. The second kappa shape index (κ2) is 7.13. The molecule has 0 saturated carbocycles. The molecule has 0 aliphatic heterocycles. The van der Waals surface area contributed by atoms with Crippen LogP contribution < -0.4 is 15.2 Å². The van der Waals surface area contributed by atoms with Crippen LogP contribution in [0.5, 0.6) is 11.5 Å². The Labute approximate surface area is 125 Å². The van der Waals surface area contributed by atoms with Crippen LogP contribution in [-0.4, -0.2) is 30.7 Å². The van der Waals surface area contributed by atoms with E-state index in [-0.39, 0.29) is 5.92 Å². The van der Waals surface area contributed by atoms with Crippen molar-refractivity contribution in [2.24, 2.45) is 5.73 Å². The molecule has 114 valence electrons. The van der Waals surface area contributed by atoms with Gasteiger partial charge in [0.15, 0.2) is 11.5 Å². The van der Waals surface area contributed by atoms with Gasteiger partial charge in [-0.05, 0) is 24.6 Å². The molecule has 0 bridgehead atoms. The van der Waals surface area contributed by atoms with Crippen molar-refractivity contribution in [2.75, 3.05) is 20.8 Å². The van der Waals surface area contributed by atoms with E-state index < -0.39 is 0 Å². The van der Waals surface area contributed by atoms with E-state index in [4.69, 9.17) is 15.2 Å². The van der Waals surface area contributed by atoms with Gasteiger partial charge in [-0.1, -0.05) is 13.3 Å². The quantitative estimate of drug-likeness (QED) is 0.822. The molecule has 21 heavy (non-hydrogen) atoms. The monoisotopic (exact) mass is 289 g/mol. The van der Waals surface area contributed by atoms with Crippen molar-refractivity contribution >= 4 is 0 Å². The normalized spacial score (nSPS) is 12.2. The van der Waals surface area contributed by atoms with Crippen LogP contribution in [0.15, 0.2) is 24.4 Å². The second-order valence-electron chi connectivity index (χ2n) is 4.97. The predicted molar refractivity (Wildman–Crippen MR) is 83.8 cm³/mol. The van der Waals surface area contributed by atoms with E-state index in [1.165, 1.54) is 0 Å². The topological polar surface area (TPSA) is 73.2 Å². The van der Waals surface area contributed by atoms with Crippen molar-refractivity contribution in [3.63, 3.8) is 0 Å². The molecule has 5 heteroatoms. The average Bonchev–Trinajstić information content (AvgIpc) is 3.01. The number of aromatic nitrogens is 2. The number of H-pyrrole nitrogens is 1. The summed E-state index contributed by atoms with van der Waals surface area (Å²) in [5, 5.41) is 0. The minimum atomic E-state index is 0.281. The highest BCUT2D eigenvalue weighted by Crippen LogP contribution is 2.32. The van der Waals surface area contributed by atoms with Gasteiger partial charge >= 0.3 is 0 Å². The summed E-state index contributed by atoms with van der Waals surface area (Å²) in [5.74, 6) is 2.65. The maximum absolute atomic E-state index is 5.83. The van der Waals surface area contributed by atoms with Gasteiger partial charge in [0, 0.05) is 18.0 Å². The fraction of sp³-hybridized carbons (Fsp3) is 0.438. The molecule has 1 aromatic heterocycles. The van der Waals surface area contributed by atoms with Crippen molar-refractivity contribution in [1.82, 2.24) is 9.97 Å². The largest absolute Gasteiger partial charge is 0.493 e. The summed E-state index contributed by atoms with van der Waals surface area (Å²) in [6.45, 7) is 2.76. The lowest BCUT2D eigenvalue weighted by atomic mass is 10.0. The predicted octanol–water partition coefficient (Wildman–Crippen LogP) is 2.94. The van der Waals surface area contributed by atoms with E-state index in [1.54, 1.807) is 14.2 Å². The Bertz CT molecular complexity index is 581. The molecule has 3 N–H and O–H groups in total. The van der Waals surface area contributed by atoms with Gasteiger partial charge in [0.2, 0.25) is 0 Å². The summed E-state index contributed by atoms with van der Waals surface area (Å²) in [5.41, 5.74) is 7.80. The molecular weight excluding hydrogens is 266 g/mol. The van der Waals surface area contributed by atoms with Crippen LogP contribution in [0.4, 0.5) is 0 Å². The number of hydrogen-bond acceptors (Lipinski definition) is 4. The van der Waals surface area contributed by atoms with Crippen molar-refractivity contribution in [3.8, 4) is 22.8 Å². The maximum atomic E-state index is 5.83. The Balaban J connectivity index is 2.28. The maximum Gasteiger partial charge on any atom is 0.161 e. The summed E-state index contributed by atoms with van der Waals surface area (Å²) >= 11 is 0. The van der Waals surface area contributed by atoms with E-state index in [2.05, 4.69) is 16.9 Å². The molecule has 0 spiro atoms. The van der Waals surface area contributed by atoms with E-state index >= 15 is 0 Å². The van der Waals surface area contributed by atoms with E-state index in [0.29, 0.717) is 18.0 Å². The number of methoxy groups -OCH3 is 2. The molecule has 0 aliphatic carbocycles. The zero-order valence-corrected chi connectivity index (χ0v) is 12.8. The number of rotatable bonds is 7. The molecule has 1 unspecified atom stereocenters. The fourth-order valence-electron chi connectivity index (χ4n) is 2.41. The van der Waals surface area contributed by atoms with E-state index in [0.717, 1.165) is 29.9 Å². The van der Waals surface area contributed by atoms with Gasteiger partial charge in [-0.3, -0.25) is 0 Å². The summed E-state index contributed by atoms with van der Waals surface area (Å²) in [6.07, 6.45) is 3.97. The van der Waals surface area contributed by atoms with Crippen molar-refractivity contribution in [1.29, 1.82) is 0 Å². The molecule has 2 aromatic rings. The molecule has 0 amide bonds. The molecule has 2 rings (SSSR count). The van der Waals surface area contributed by atoms with Gasteiger partial charge < -0.3 is 20.2 Å². The highest BCUT2D eigenvalue weighted by Gasteiger charge is 2.14. The van der Waals surface area contributed by atoms with Crippen LogP contribution >= 0.6 is 0 Å². The smallest absolute Gasteiger partial charge is 0.161 e. The summed E-state index contributed by atoms with van der Waals surface area (Å²) in [7, 11) is 3.26. The summed E-state index contributed by atoms with van der Waals surface area (Å²) in [4.78, 5) is 7.84.